The minimum atomic E-state index is -0.415. The number of hydrogen-bond acceptors (Lipinski definition) is 1. The molecule has 1 nitrogen and oxygen atoms in total. The van der Waals surface area contributed by atoms with Crippen molar-refractivity contribution in [2.75, 3.05) is 6.67 Å². The van der Waals surface area contributed by atoms with E-state index < -0.39 is 6.67 Å². The van der Waals surface area contributed by atoms with Gasteiger partial charge in [0, 0.05) is 5.92 Å². The lowest BCUT2D eigenvalue weighted by Gasteiger charge is -2.11. The van der Waals surface area contributed by atoms with Gasteiger partial charge in [-0.3, -0.25) is 4.39 Å². The number of halogens is 1. The Balaban J connectivity index is 3.23. The van der Waals surface area contributed by atoms with E-state index in [2.05, 4.69) is 6.07 Å². The summed E-state index contributed by atoms with van der Waals surface area (Å²) in [7, 11) is 0. The van der Waals surface area contributed by atoms with Crippen LogP contribution < -0.4 is 0 Å². The lowest BCUT2D eigenvalue weighted by molar-refractivity contribution is 0.446. The highest BCUT2D eigenvalue weighted by molar-refractivity contribution is 5.46. The Morgan fingerprint density at radius 1 is 1.50 bits per heavy atom. The highest BCUT2D eigenvalue weighted by Gasteiger charge is 2.12. The third-order valence-corrected chi connectivity index (χ3v) is 2.44. The Kier molecular flexibility index (Phi) is 3.64. The molecular formula is C12H14FN. The molecular weight excluding hydrogens is 177 g/mol. The van der Waals surface area contributed by atoms with Gasteiger partial charge in [-0.05, 0) is 17.5 Å². The van der Waals surface area contributed by atoms with Gasteiger partial charge in [0.25, 0.3) is 0 Å². The number of hydrogen-bond donors (Lipinski definition) is 0. The zero-order valence-corrected chi connectivity index (χ0v) is 8.55. The van der Waals surface area contributed by atoms with Crippen molar-refractivity contribution in [1.82, 2.24) is 0 Å². The minimum Gasteiger partial charge on any atom is -0.250 e. The van der Waals surface area contributed by atoms with Crippen molar-refractivity contribution in [3.8, 4) is 6.07 Å². The average Bonchev–Trinajstić information content (AvgIpc) is 2.26. The molecule has 0 radical (unpaired) electrons. The number of nitrogens with zero attached hydrogens (tertiary/aromatic N) is 1. The van der Waals surface area contributed by atoms with Gasteiger partial charge in [-0.2, -0.15) is 5.26 Å². The molecule has 1 unspecified atom stereocenters. The topological polar surface area (TPSA) is 23.8 Å². The molecule has 2 heteroatoms. The van der Waals surface area contributed by atoms with Gasteiger partial charge < -0.3 is 0 Å². The first-order chi connectivity index (χ1) is 6.74. The number of aryl methyl sites for hydroxylation is 1. The standard InChI is InChI=1S/C12H14FN/c1-3-10-5-4-6-11(9(2)7-13)12(10)8-14/h4-6,9H,3,7H2,1-2H3. The quantitative estimate of drug-likeness (QED) is 0.719. The van der Waals surface area contributed by atoms with Crippen molar-refractivity contribution in [3.05, 3.63) is 34.9 Å². The van der Waals surface area contributed by atoms with Crippen LogP contribution in [0.15, 0.2) is 18.2 Å². The van der Waals surface area contributed by atoms with Gasteiger partial charge >= 0.3 is 0 Å². The maximum atomic E-state index is 12.5. The summed E-state index contributed by atoms with van der Waals surface area (Å²) in [6, 6.07) is 7.81. The van der Waals surface area contributed by atoms with Crippen LogP contribution in [-0.4, -0.2) is 6.67 Å². The smallest absolute Gasteiger partial charge is 0.0997 e. The Labute approximate surface area is 84.2 Å². The Morgan fingerprint density at radius 2 is 2.21 bits per heavy atom. The highest BCUT2D eigenvalue weighted by Crippen LogP contribution is 2.23. The predicted octanol–water partition coefficient (Wildman–Crippen LogP) is 3.19. The molecule has 0 aliphatic heterocycles. The minimum absolute atomic E-state index is 0.184. The van der Waals surface area contributed by atoms with Gasteiger partial charge in [-0.15, -0.1) is 0 Å². The molecule has 1 aromatic carbocycles. The molecule has 0 amide bonds. The highest BCUT2D eigenvalue weighted by atomic mass is 19.1. The molecule has 14 heavy (non-hydrogen) atoms. The van der Waals surface area contributed by atoms with Crippen LogP contribution in [0.3, 0.4) is 0 Å². The van der Waals surface area contributed by atoms with E-state index >= 15 is 0 Å². The lowest BCUT2D eigenvalue weighted by Crippen LogP contribution is -2.01. The first-order valence-corrected chi connectivity index (χ1v) is 4.82. The molecule has 0 aliphatic rings. The fraction of sp³-hybridized carbons (Fsp3) is 0.417. The number of benzene rings is 1. The van der Waals surface area contributed by atoms with Crippen LogP contribution in [0, 0.1) is 11.3 Å². The summed E-state index contributed by atoms with van der Waals surface area (Å²) in [5, 5.41) is 9.00. The van der Waals surface area contributed by atoms with Gasteiger partial charge in [0.05, 0.1) is 18.3 Å². The van der Waals surface area contributed by atoms with Crippen LogP contribution in [0.25, 0.3) is 0 Å². The van der Waals surface area contributed by atoms with Gasteiger partial charge in [0.15, 0.2) is 0 Å². The molecule has 0 saturated carbocycles. The summed E-state index contributed by atoms with van der Waals surface area (Å²) < 4.78 is 12.5. The Morgan fingerprint density at radius 3 is 2.71 bits per heavy atom. The summed E-state index contributed by atoms with van der Waals surface area (Å²) in [5.41, 5.74) is 2.49. The van der Waals surface area contributed by atoms with Crippen LogP contribution >= 0.6 is 0 Å². The zero-order chi connectivity index (χ0) is 10.6. The molecule has 0 aromatic heterocycles. The molecule has 1 aromatic rings. The van der Waals surface area contributed by atoms with Crippen LogP contribution in [0.4, 0.5) is 4.39 Å². The van der Waals surface area contributed by atoms with Crippen molar-refractivity contribution >= 4 is 0 Å². The molecule has 74 valence electrons. The maximum absolute atomic E-state index is 12.5. The van der Waals surface area contributed by atoms with E-state index in [0.29, 0.717) is 5.56 Å². The summed E-state index contributed by atoms with van der Waals surface area (Å²) in [6.45, 7) is 3.39. The summed E-state index contributed by atoms with van der Waals surface area (Å²) >= 11 is 0. The molecule has 0 saturated heterocycles. The van der Waals surface area contributed by atoms with Crippen molar-refractivity contribution in [2.24, 2.45) is 0 Å². The van der Waals surface area contributed by atoms with E-state index in [4.69, 9.17) is 5.26 Å². The van der Waals surface area contributed by atoms with E-state index in [0.717, 1.165) is 17.5 Å². The third-order valence-electron chi connectivity index (χ3n) is 2.44. The summed E-state index contributed by atoms with van der Waals surface area (Å²) in [6.07, 6.45) is 0.815. The second kappa shape index (κ2) is 4.76. The molecule has 0 bridgehead atoms. The number of rotatable bonds is 3. The Hall–Kier alpha value is -1.36. The maximum Gasteiger partial charge on any atom is 0.0997 e. The summed E-state index contributed by atoms with van der Waals surface area (Å²) in [4.78, 5) is 0. The largest absolute Gasteiger partial charge is 0.250 e. The van der Waals surface area contributed by atoms with Crippen molar-refractivity contribution < 1.29 is 4.39 Å². The zero-order valence-electron chi connectivity index (χ0n) is 8.55. The molecule has 1 rings (SSSR count). The second-order valence-electron chi connectivity index (χ2n) is 3.40. The monoisotopic (exact) mass is 191 g/mol. The number of alkyl halides is 1. The average molecular weight is 191 g/mol. The van der Waals surface area contributed by atoms with Gasteiger partial charge in [0.1, 0.15) is 0 Å². The molecule has 0 N–H and O–H groups in total. The molecule has 0 aliphatic carbocycles. The molecule has 0 spiro atoms. The molecule has 1 atom stereocenters. The van der Waals surface area contributed by atoms with Crippen LogP contribution in [0.1, 0.15) is 36.5 Å². The number of nitriles is 1. The van der Waals surface area contributed by atoms with E-state index in [-0.39, 0.29) is 5.92 Å². The van der Waals surface area contributed by atoms with E-state index in [1.807, 2.05) is 25.1 Å². The van der Waals surface area contributed by atoms with Crippen molar-refractivity contribution in [1.29, 1.82) is 5.26 Å². The van der Waals surface area contributed by atoms with Crippen LogP contribution in [0.5, 0.6) is 0 Å². The van der Waals surface area contributed by atoms with Crippen LogP contribution in [-0.2, 0) is 6.42 Å². The second-order valence-corrected chi connectivity index (χ2v) is 3.40. The van der Waals surface area contributed by atoms with E-state index in [1.165, 1.54) is 0 Å². The Bertz CT molecular complexity index is 352. The fourth-order valence-electron chi connectivity index (χ4n) is 1.54. The first-order valence-electron chi connectivity index (χ1n) is 4.82. The SMILES string of the molecule is CCc1cccc(C(C)CF)c1C#N. The normalized spacial score (nSPS) is 12.1. The molecule has 0 fully saturated rings. The molecule has 0 heterocycles. The van der Waals surface area contributed by atoms with E-state index in [1.54, 1.807) is 6.92 Å². The van der Waals surface area contributed by atoms with Crippen molar-refractivity contribution in [2.45, 2.75) is 26.2 Å². The van der Waals surface area contributed by atoms with E-state index in [9.17, 15) is 4.39 Å². The van der Waals surface area contributed by atoms with Gasteiger partial charge in [0.2, 0.25) is 0 Å². The third kappa shape index (κ3) is 1.93. The predicted molar refractivity (Wildman–Crippen MR) is 54.9 cm³/mol. The summed E-state index contributed by atoms with van der Waals surface area (Å²) in [5.74, 6) is -0.184. The lowest BCUT2D eigenvalue weighted by atomic mass is 9.93. The van der Waals surface area contributed by atoms with Gasteiger partial charge in [-0.1, -0.05) is 32.0 Å². The first kappa shape index (κ1) is 10.7. The van der Waals surface area contributed by atoms with Gasteiger partial charge in [-0.25, -0.2) is 0 Å². The van der Waals surface area contributed by atoms with Crippen LogP contribution in [0.2, 0.25) is 0 Å². The van der Waals surface area contributed by atoms with Crippen molar-refractivity contribution in [3.63, 3.8) is 0 Å². The fourth-order valence-corrected chi connectivity index (χ4v) is 1.54.